The maximum absolute atomic E-state index is 11.5. The molecule has 0 heterocycles. The summed E-state index contributed by atoms with van der Waals surface area (Å²) in [6, 6.07) is 5.50. The fourth-order valence-electron chi connectivity index (χ4n) is 1.40. The van der Waals surface area contributed by atoms with Crippen LogP contribution in [0.15, 0.2) is 24.3 Å². The van der Waals surface area contributed by atoms with Crippen molar-refractivity contribution in [3.8, 4) is 5.75 Å². The van der Waals surface area contributed by atoms with E-state index in [9.17, 15) is 18.0 Å². The van der Waals surface area contributed by atoms with Gasteiger partial charge in [-0.2, -0.15) is 8.42 Å². The molecule has 0 N–H and O–H groups in total. The topological polar surface area (TPSA) is 96.0 Å². The van der Waals surface area contributed by atoms with E-state index in [2.05, 4.69) is 8.92 Å². The molecule has 1 rings (SSSR count). The summed E-state index contributed by atoms with van der Waals surface area (Å²) in [5.41, 5.74) is 0.341. The fourth-order valence-corrected chi connectivity index (χ4v) is 1.86. The Morgan fingerprint density at radius 2 is 1.70 bits per heavy atom. The summed E-state index contributed by atoms with van der Waals surface area (Å²) in [4.78, 5) is 22.5. The molecule has 8 heteroatoms. The van der Waals surface area contributed by atoms with E-state index in [1.165, 1.54) is 31.4 Å². The van der Waals surface area contributed by atoms with E-state index in [1.54, 1.807) is 0 Å². The molecule has 0 aromatic heterocycles. The van der Waals surface area contributed by atoms with Crippen molar-refractivity contribution < 1.29 is 31.7 Å². The van der Waals surface area contributed by atoms with Gasteiger partial charge in [0.15, 0.2) is 0 Å². The molecule has 7 nitrogen and oxygen atoms in total. The Labute approximate surface area is 116 Å². The largest absolute Gasteiger partial charge is 0.466 e. The highest BCUT2D eigenvalue weighted by molar-refractivity contribution is 7.86. The monoisotopic (exact) mass is 302 g/mol. The molecule has 0 spiro atoms. The number of hydrogen-bond acceptors (Lipinski definition) is 7. The Hall–Kier alpha value is -2.09. The minimum absolute atomic E-state index is 0.0858. The van der Waals surface area contributed by atoms with E-state index in [1.807, 2.05) is 0 Å². The summed E-state index contributed by atoms with van der Waals surface area (Å²) in [5.74, 6) is -1.29. The van der Waals surface area contributed by atoms with Crippen molar-refractivity contribution in [1.29, 1.82) is 0 Å². The van der Waals surface area contributed by atoms with Crippen molar-refractivity contribution >= 4 is 22.1 Å². The second-order valence-corrected chi connectivity index (χ2v) is 5.44. The molecule has 0 aliphatic rings. The Bertz CT molecular complexity index is 589. The van der Waals surface area contributed by atoms with Crippen LogP contribution in [-0.2, 0) is 29.2 Å². The molecule has 20 heavy (non-hydrogen) atoms. The van der Waals surface area contributed by atoms with Crippen LogP contribution < -0.4 is 4.18 Å². The molecular formula is C12H14O7S. The van der Waals surface area contributed by atoms with Gasteiger partial charge in [-0.1, -0.05) is 12.1 Å². The first kappa shape index (κ1) is 16.0. The van der Waals surface area contributed by atoms with Crippen LogP contribution in [0.3, 0.4) is 0 Å². The normalized spacial score (nSPS) is 12.3. The van der Waals surface area contributed by atoms with Crippen LogP contribution >= 0.6 is 0 Å². The number of carbonyl (C=O) groups excluding carboxylic acids is 2. The van der Waals surface area contributed by atoms with Gasteiger partial charge in [-0.05, 0) is 12.1 Å². The van der Waals surface area contributed by atoms with Crippen LogP contribution in [0.2, 0.25) is 0 Å². The highest BCUT2D eigenvalue weighted by atomic mass is 32.2. The van der Waals surface area contributed by atoms with Gasteiger partial charge in [-0.25, -0.2) is 4.79 Å². The highest BCUT2D eigenvalue weighted by Crippen LogP contribution is 2.22. The van der Waals surface area contributed by atoms with E-state index < -0.39 is 28.2 Å². The molecule has 0 amide bonds. The van der Waals surface area contributed by atoms with E-state index >= 15 is 0 Å². The molecule has 0 aliphatic heterocycles. The zero-order valence-corrected chi connectivity index (χ0v) is 12.0. The Kier molecular flexibility index (Phi) is 5.09. The van der Waals surface area contributed by atoms with Crippen LogP contribution in [0.25, 0.3) is 0 Å². The molecule has 0 bridgehead atoms. The minimum Gasteiger partial charge on any atom is -0.466 e. The van der Waals surface area contributed by atoms with Crippen LogP contribution in [-0.4, -0.2) is 33.7 Å². The van der Waals surface area contributed by atoms with Gasteiger partial charge in [0.1, 0.15) is 5.75 Å². The van der Waals surface area contributed by atoms with Gasteiger partial charge >= 0.3 is 22.1 Å². The first-order valence-corrected chi connectivity index (χ1v) is 7.29. The van der Waals surface area contributed by atoms with Crippen molar-refractivity contribution in [1.82, 2.24) is 0 Å². The maximum atomic E-state index is 11.5. The molecule has 1 aromatic rings. The number of carbonyl (C=O) groups is 2. The predicted molar refractivity (Wildman–Crippen MR) is 68.4 cm³/mol. The highest BCUT2D eigenvalue weighted by Gasteiger charge is 2.24. The first-order valence-electron chi connectivity index (χ1n) is 5.47. The van der Waals surface area contributed by atoms with Crippen molar-refractivity contribution in [2.45, 2.75) is 13.0 Å². The third-order valence-corrected chi connectivity index (χ3v) is 2.62. The maximum Gasteiger partial charge on any atom is 0.351 e. The molecule has 1 atom stereocenters. The van der Waals surface area contributed by atoms with Crippen LogP contribution in [0.4, 0.5) is 0 Å². The van der Waals surface area contributed by atoms with Gasteiger partial charge in [0.25, 0.3) is 0 Å². The second kappa shape index (κ2) is 6.38. The van der Waals surface area contributed by atoms with Crippen LogP contribution in [0.5, 0.6) is 5.75 Å². The van der Waals surface area contributed by atoms with Gasteiger partial charge in [0, 0.05) is 12.5 Å². The summed E-state index contributed by atoms with van der Waals surface area (Å²) in [7, 11) is -2.46. The lowest BCUT2D eigenvalue weighted by Crippen LogP contribution is -2.19. The van der Waals surface area contributed by atoms with Crippen LogP contribution in [0.1, 0.15) is 18.6 Å². The third kappa shape index (κ3) is 4.88. The van der Waals surface area contributed by atoms with E-state index in [-0.39, 0.29) is 5.75 Å². The summed E-state index contributed by atoms with van der Waals surface area (Å²) in [6.45, 7) is 1.16. The lowest BCUT2D eigenvalue weighted by atomic mass is 10.1. The average Bonchev–Trinajstić information content (AvgIpc) is 2.34. The molecule has 0 fully saturated rings. The molecule has 0 saturated carbocycles. The SMILES string of the molecule is COC(=O)C(OC(C)=O)c1ccc(OS(C)(=O)=O)cc1. The van der Waals surface area contributed by atoms with Crippen molar-refractivity contribution in [3.05, 3.63) is 29.8 Å². The zero-order chi connectivity index (χ0) is 15.3. The molecular weight excluding hydrogens is 288 g/mol. The number of hydrogen-bond donors (Lipinski definition) is 0. The number of methoxy groups -OCH3 is 1. The van der Waals surface area contributed by atoms with Gasteiger partial charge in [-0.15, -0.1) is 0 Å². The lowest BCUT2D eigenvalue weighted by Gasteiger charge is -2.15. The van der Waals surface area contributed by atoms with Gasteiger partial charge in [0.05, 0.1) is 13.4 Å². The molecule has 0 saturated heterocycles. The lowest BCUT2D eigenvalue weighted by molar-refractivity contribution is -0.165. The van der Waals surface area contributed by atoms with Gasteiger partial charge in [0.2, 0.25) is 6.10 Å². The Balaban J connectivity index is 2.98. The number of esters is 2. The molecule has 1 unspecified atom stereocenters. The Morgan fingerprint density at radius 1 is 1.15 bits per heavy atom. The van der Waals surface area contributed by atoms with Crippen molar-refractivity contribution in [2.75, 3.05) is 13.4 Å². The number of rotatable bonds is 5. The Morgan fingerprint density at radius 3 is 2.10 bits per heavy atom. The molecule has 110 valence electrons. The average molecular weight is 302 g/mol. The van der Waals surface area contributed by atoms with E-state index in [4.69, 9.17) is 4.74 Å². The smallest absolute Gasteiger partial charge is 0.351 e. The minimum atomic E-state index is -3.63. The summed E-state index contributed by atoms with van der Waals surface area (Å²) >= 11 is 0. The molecule has 1 aromatic carbocycles. The summed E-state index contributed by atoms with van der Waals surface area (Å²) in [5, 5.41) is 0. The van der Waals surface area contributed by atoms with Gasteiger partial charge < -0.3 is 13.7 Å². The van der Waals surface area contributed by atoms with E-state index in [0.29, 0.717) is 5.56 Å². The zero-order valence-electron chi connectivity index (χ0n) is 11.2. The molecule has 0 aliphatic carbocycles. The second-order valence-electron chi connectivity index (χ2n) is 3.87. The summed E-state index contributed by atoms with van der Waals surface area (Å²) < 4.78 is 36.0. The quantitative estimate of drug-likeness (QED) is 0.586. The van der Waals surface area contributed by atoms with Crippen molar-refractivity contribution in [2.24, 2.45) is 0 Å². The van der Waals surface area contributed by atoms with E-state index in [0.717, 1.165) is 13.2 Å². The standard InChI is InChI=1S/C12H14O7S/c1-8(13)18-11(12(14)17-2)9-4-6-10(7-5-9)19-20(3,15)16/h4-7,11H,1-3H3. The summed E-state index contributed by atoms with van der Waals surface area (Å²) in [6.07, 6.45) is -0.290. The van der Waals surface area contributed by atoms with Crippen LogP contribution in [0, 0.1) is 0 Å². The number of ether oxygens (including phenoxy) is 2. The predicted octanol–water partition coefficient (Wildman–Crippen LogP) is 0.802. The van der Waals surface area contributed by atoms with Gasteiger partial charge in [-0.3, -0.25) is 4.79 Å². The number of benzene rings is 1. The van der Waals surface area contributed by atoms with Crippen molar-refractivity contribution in [3.63, 3.8) is 0 Å². The molecule has 0 radical (unpaired) electrons. The third-order valence-electron chi connectivity index (χ3n) is 2.13. The fraction of sp³-hybridized carbons (Fsp3) is 0.333. The first-order chi connectivity index (χ1) is 9.23.